The fourth-order valence-corrected chi connectivity index (χ4v) is 1.53. The zero-order valence-electron chi connectivity index (χ0n) is 9.09. The largest absolute Gasteiger partial charge is 0.416 e. The number of rotatable bonds is 2. The van der Waals surface area contributed by atoms with Gasteiger partial charge in [0.2, 0.25) is 0 Å². The van der Waals surface area contributed by atoms with Crippen LogP contribution in [0.4, 0.5) is 13.2 Å². The van der Waals surface area contributed by atoms with E-state index in [-0.39, 0.29) is 5.56 Å². The number of benzene rings is 1. The van der Waals surface area contributed by atoms with E-state index in [1.165, 1.54) is 30.9 Å². The van der Waals surface area contributed by atoms with Gasteiger partial charge >= 0.3 is 6.18 Å². The first-order chi connectivity index (χ1) is 8.48. The summed E-state index contributed by atoms with van der Waals surface area (Å²) in [5, 5.41) is 9.93. The van der Waals surface area contributed by atoms with Crippen molar-refractivity contribution in [2.45, 2.75) is 12.3 Å². The van der Waals surface area contributed by atoms with Crippen LogP contribution in [0, 0.1) is 0 Å². The second-order valence-corrected chi connectivity index (χ2v) is 3.70. The third kappa shape index (κ3) is 2.65. The van der Waals surface area contributed by atoms with Crippen LogP contribution in [0.5, 0.6) is 0 Å². The Labute approximate surface area is 101 Å². The average molecular weight is 254 g/mol. The Bertz CT molecular complexity index is 528. The minimum Gasteiger partial charge on any atom is -0.384 e. The maximum atomic E-state index is 12.5. The van der Waals surface area contributed by atoms with Crippen LogP contribution in [0.2, 0.25) is 0 Å². The van der Waals surface area contributed by atoms with Crippen molar-refractivity contribution in [2.75, 3.05) is 0 Å². The van der Waals surface area contributed by atoms with Gasteiger partial charge in [0.05, 0.1) is 5.56 Å². The third-order valence-electron chi connectivity index (χ3n) is 2.43. The van der Waals surface area contributed by atoms with E-state index in [0.717, 1.165) is 12.1 Å². The fraction of sp³-hybridized carbons (Fsp3) is 0.167. The monoisotopic (exact) mass is 254 g/mol. The quantitative estimate of drug-likeness (QED) is 0.895. The van der Waals surface area contributed by atoms with E-state index in [0.29, 0.717) is 5.56 Å². The number of halogens is 3. The van der Waals surface area contributed by atoms with Gasteiger partial charge in [-0.15, -0.1) is 0 Å². The van der Waals surface area contributed by atoms with Gasteiger partial charge in [-0.05, 0) is 17.7 Å². The van der Waals surface area contributed by atoms with Crippen molar-refractivity contribution < 1.29 is 18.3 Å². The number of nitrogens with zero attached hydrogens (tertiary/aromatic N) is 2. The lowest BCUT2D eigenvalue weighted by Crippen LogP contribution is -2.07. The number of aliphatic hydroxyl groups is 1. The molecule has 1 heterocycles. The van der Waals surface area contributed by atoms with Gasteiger partial charge in [0.1, 0.15) is 12.4 Å². The molecule has 0 bridgehead atoms. The Morgan fingerprint density at radius 1 is 1.06 bits per heavy atom. The topological polar surface area (TPSA) is 46.0 Å². The van der Waals surface area contributed by atoms with E-state index in [9.17, 15) is 18.3 Å². The molecule has 6 heteroatoms. The highest BCUT2D eigenvalue weighted by Gasteiger charge is 2.30. The highest BCUT2D eigenvalue weighted by Crippen LogP contribution is 2.31. The Balaban J connectivity index is 2.35. The lowest BCUT2D eigenvalue weighted by atomic mass is 10.0. The SMILES string of the molecule is OC(c1cncnc1)c1cccc(C(F)(F)F)c1. The first kappa shape index (κ1) is 12.5. The molecule has 2 rings (SSSR count). The van der Waals surface area contributed by atoms with E-state index >= 15 is 0 Å². The van der Waals surface area contributed by atoms with Crippen molar-refractivity contribution in [2.24, 2.45) is 0 Å². The highest BCUT2D eigenvalue weighted by molar-refractivity contribution is 5.31. The van der Waals surface area contributed by atoms with Crippen LogP contribution in [0.1, 0.15) is 22.8 Å². The van der Waals surface area contributed by atoms with Crippen molar-refractivity contribution in [1.82, 2.24) is 9.97 Å². The van der Waals surface area contributed by atoms with E-state index in [1.807, 2.05) is 0 Å². The smallest absolute Gasteiger partial charge is 0.384 e. The van der Waals surface area contributed by atoms with Crippen LogP contribution in [-0.2, 0) is 6.18 Å². The molecule has 0 spiro atoms. The van der Waals surface area contributed by atoms with Crippen molar-refractivity contribution in [3.8, 4) is 0 Å². The standard InChI is InChI=1S/C12H9F3N2O/c13-12(14,15)10-3-1-2-8(4-10)11(18)9-5-16-7-17-6-9/h1-7,11,18H. The molecule has 0 aliphatic carbocycles. The summed E-state index contributed by atoms with van der Waals surface area (Å²) in [5.74, 6) is 0. The zero-order chi connectivity index (χ0) is 13.2. The molecule has 0 aliphatic heterocycles. The molecule has 0 aliphatic rings. The second-order valence-electron chi connectivity index (χ2n) is 3.70. The Morgan fingerprint density at radius 2 is 1.72 bits per heavy atom. The summed E-state index contributed by atoms with van der Waals surface area (Å²) < 4.78 is 37.6. The predicted octanol–water partition coefficient (Wildman–Crippen LogP) is 2.58. The van der Waals surface area contributed by atoms with Gasteiger partial charge in [0.25, 0.3) is 0 Å². The molecule has 0 radical (unpaired) electrons. The lowest BCUT2D eigenvalue weighted by molar-refractivity contribution is -0.137. The van der Waals surface area contributed by atoms with Gasteiger partial charge in [-0.3, -0.25) is 0 Å². The molecule has 1 aromatic carbocycles. The zero-order valence-corrected chi connectivity index (χ0v) is 9.09. The van der Waals surface area contributed by atoms with E-state index in [4.69, 9.17) is 0 Å². The van der Waals surface area contributed by atoms with Gasteiger partial charge < -0.3 is 5.11 Å². The lowest BCUT2D eigenvalue weighted by Gasteiger charge is -2.13. The predicted molar refractivity (Wildman–Crippen MR) is 57.5 cm³/mol. The van der Waals surface area contributed by atoms with Crippen molar-refractivity contribution in [3.05, 3.63) is 59.7 Å². The van der Waals surface area contributed by atoms with Crippen molar-refractivity contribution >= 4 is 0 Å². The number of aliphatic hydroxyl groups excluding tert-OH is 1. The molecular weight excluding hydrogens is 245 g/mol. The van der Waals surface area contributed by atoms with Crippen LogP contribution >= 0.6 is 0 Å². The summed E-state index contributed by atoms with van der Waals surface area (Å²) in [6.45, 7) is 0. The third-order valence-corrected chi connectivity index (χ3v) is 2.43. The molecule has 94 valence electrons. The molecule has 0 amide bonds. The average Bonchev–Trinajstić information content (AvgIpc) is 2.38. The molecule has 1 unspecified atom stereocenters. The first-order valence-corrected chi connectivity index (χ1v) is 5.08. The van der Waals surface area contributed by atoms with Gasteiger partial charge in [-0.25, -0.2) is 9.97 Å². The summed E-state index contributed by atoms with van der Waals surface area (Å²) >= 11 is 0. The Morgan fingerprint density at radius 3 is 2.33 bits per heavy atom. The summed E-state index contributed by atoms with van der Waals surface area (Å²) in [6.07, 6.45) is -1.60. The fourth-order valence-electron chi connectivity index (χ4n) is 1.53. The van der Waals surface area contributed by atoms with Gasteiger partial charge in [0, 0.05) is 18.0 Å². The Kier molecular flexibility index (Phi) is 3.29. The molecule has 0 saturated carbocycles. The van der Waals surface area contributed by atoms with Gasteiger partial charge in [-0.2, -0.15) is 13.2 Å². The van der Waals surface area contributed by atoms with Crippen LogP contribution < -0.4 is 0 Å². The van der Waals surface area contributed by atoms with Gasteiger partial charge in [0.15, 0.2) is 0 Å². The van der Waals surface area contributed by atoms with Crippen molar-refractivity contribution in [3.63, 3.8) is 0 Å². The molecule has 18 heavy (non-hydrogen) atoms. The molecule has 1 N–H and O–H groups in total. The molecule has 2 aromatic rings. The molecule has 0 fully saturated rings. The maximum Gasteiger partial charge on any atom is 0.416 e. The normalized spacial score (nSPS) is 13.3. The van der Waals surface area contributed by atoms with E-state index in [2.05, 4.69) is 9.97 Å². The van der Waals surface area contributed by atoms with E-state index in [1.54, 1.807) is 0 Å². The maximum absolute atomic E-state index is 12.5. The molecule has 3 nitrogen and oxygen atoms in total. The minimum absolute atomic E-state index is 0.152. The van der Waals surface area contributed by atoms with Crippen LogP contribution in [0.15, 0.2) is 43.0 Å². The number of hydrogen-bond donors (Lipinski definition) is 1. The number of alkyl halides is 3. The van der Waals surface area contributed by atoms with Crippen molar-refractivity contribution in [1.29, 1.82) is 0 Å². The Hall–Kier alpha value is -1.95. The molecule has 0 saturated heterocycles. The number of aromatic nitrogens is 2. The summed E-state index contributed by atoms with van der Waals surface area (Å²) in [6, 6.07) is 4.55. The first-order valence-electron chi connectivity index (χ1n) is 5.08. The molecular formula is C12H9F3N2O. The molecule has 1 aromatic heterocycles. The van der Waals surface area contributed by atoms with E-state index < -0.39 is 17.8 Å². The minimum atomic E-state index is -4.43. The van der Waals surface area contributed by atoms with Crippen LogP contribution in [-0.4, -0.2) is 15.1 Å². The highest BCUT2D eigenvalue weighted by atomic mass is 19.4. The summed E-state index contributed by atoms with van der Waals surface area (Å²) in [7, 11) is 0. The summed E-state index contributed by atoms with van der Waals surface area (Å²) in [4.78, 5) is 7.42. The molecule has 1 atom stereocenters. The number of hydrogen-bond acceptors (Lipinski definition) is 3. The van der Waals surface area contributed by atoms with Crippen LogP contribution in [0.3, 0.4) is 0 Å². The second kappa shape index (κ2) is 4.73. The summed E-state index contributed by atoms with van der Waals surface area (Å²) in [5.41, 5.74) is -0.299. The van der Waals surface area contributed by atoms with Gasteiger partial charge in [-0.1, -0.05) is 12.1 Å². The van der Waals surface area contributed by atoms with Crippen LogP contribution in [0.25, 0.3) is 0 Å².